The van der Waals surface area contributed by atoms with E-state index in [1.54, 1.807) is 0 Å². The van der Waals surface area contributed by atoms with Gasteiger partial charge in [-0.15, -0.1) is 11.6 Å². The summed E-state index contributed by atoms with van der Waals surface area (Å²) < 4.78 is 2.71. The van der Waals surface area contributed by atoms with Gasteiger partial charge in [-0.25, -0.2) is 4.98 Å². The molecule has 0 unspecified atom stereocenters. The molecular weight excluding hydrogens is 394 g/mol. The highest BCUT2D eigenvalue weighted by molar-refractivity contribution is 9.10. The topological polar surface area (TPSA) is 17.8 Å². The predicted octanol–water partition coefficient (Wildman–Crippen LogP) is 6.14. The van der Waals surface area contributed by atoms with Crippen LogP contribution in [0.1, 0.15) is 11.4 Å². The maximum Gasteiger partial charge on any atom is 0.129 e. The van der Waals surface area contributed by atoms with Gasteiger partial charge in [0.05, 0.1) is 32.6 Å². The lowest BCUT2D eigenvalue weighted by molar-refractivity contribution is 0.981. The fourth-order valence-corrected chi connectivity index (χ4v) is 3.31. The van der Waals surface area contributed by atoms with Crippen molar-refractivity contribution in [2.24, 2.45) is 0 Å². The summed E-state index contributed by atoms with van der Waals surface area (Å²) in [6.45, 7) is 2.04. The van der Waals surface area contributed by atoms with E-state index in [2.05, 4.69) is 27.0 Å². The van der Waals surface area contributed by atoms with Gasteiger partial charge >= 0.3 is 0 Å². The van der Waals surface area contributed by atoms with Crippen LogP contribution in [-0.2, 0) is 5.88 Å². The first-order valence-corrected chi connectivity index (χ1v) is 8.29. The monoisotopic (exact) mass is 402 g/mol. The Morgan fingerprint density at radius 2 is 1.90 bits per heavy atom. The number of benzene rings is 2. The highest BCUT2D eigenvalue weighted by atomic mass is 79.9. The Hall–Kier alpha value is -0.740. The molecule has 0 aliphatic carbocycles. The normalized spacial score (nSPS) is 11.3. The molecule has 0 aliphatic heterocycles. The summed E-state index contributed by atoms with van der Waals surface area (Å²) >= 11 is 22.1. The van der Waals surface area contributed by atoms with Gasteiger partial charge in [-0.3, -0.25) is 4.57 Å². The lowest BCUT2D eigenvalue weighted by atomic mass is 10.2. The highest BCUT2D eigenvalue weighted by Crippen LogP contribution is 2.37. The Morgan fingerprint density at radius 3 is 2.62 bits per heavy atom. The van der Waals surface area contributed by atoms with Crippen molar-refractivity contribution in [2.45, 2.75) is 12.8 Å². The molecule has 3 aromatic rings. The molecule has 0 atom stereocenters. The molecule has 0 saturated carbocycles. The molecule has 2 aromatic carbocycles. The van der Waals surface area contributed by atoms with Crippen LogP contribution in [0.2, 0.25) is 10.0 Å². The van der Waals surface area contributed by atoms with Crippen LogP contribution in [0, 0.1) is 6.92 Å². The molecule has 0 spiro atoms. The third-order valence-corrected chi connectivity index (χ3v) is 5.25. The van der Waals surface area contributed by atoms with Crippen molar-refractivity contribution in [3.8, 4) is 5.69 Å². The fourth-order valence-electron chi connectivity index (χ4n) is 2.28. The number of fused-ring (bicyclic) bond motifs is 1. The van der Waals surface area contributed by atoms with Gasteiger partial charge in [0.1, 0.15) is 5.82 Å². The minimum atomic E-state index is 0.289. The Morgan fingerprint density at radius 1 is 1.14 bits per heavy atom. The van der Waals surface area contributed by atoms with E-state index >= 15 is 0 Å². The van der Waals surface area contributed by atoms with Crippen molar-refractivity contribution in [3.05, 3.63) is 56.2 Å². The molecule has 0 amide bonds. The number of imidazole rings is 1. The third kappa shape index (κ3) is 2.57. The van der Waals surface area contributed by atoms with Gasteiger partial charge in [0.15, 0.2) is 0 Å². The number of aromatic nitrogens is 2. The largest absolute Gasteiger partial charge is 0.294 e. The number of nitrogens with zero attached hydrogens (tertiary/aromatic N) is 2. The van der Waals surface area contributed by atoms with Crippen molar-refractivity contribution in [2.75, 3.05) is 0 Å². The number of rotatable bonds is 2. The summed E-state index contributed by atoms with van der Waals surface area (Å²) in [6.07, 6.45) is 0. The molecule has 6 heteroatoms. The van der Waals surface area contributed by atoms with Gasteiger partial charge in [0.2, 0.25) is 0 Å². The molecule has 3 rings (SSSR count). The first-order chi connectivity index (χ1) is 10.0. The van der Waals surface area contributed by atoms with E-state index in [9.17, 15) is 0 Å². The first kappa shape index (κ1) is 15.2. The fraction of sp³-hybridized carbons (Fsp3) is 0.133. The van der Waals surface area contributed by atoms with Gasteiger partial charge in [0.25, 0.3) is 0 Å². The summed E-state index contributed by atoms with van der Waals surface area (Å²) in [5, 5.41) is 0.947. The van der Waals surface area contributed by atoms with E-state index in [0.29, 0.717) is 10.0 Å². The lowest BCUT2D eigenvalue weighted by Gasteiger charge is -2.12. The van der Waals surface area contributed by atoms with E-state index in [0.717, 1.165) is 32.6 Å². The number of hydrogen-bond acceptors (Lipinski definition) is 1. The van der Waals surface area contributed by atoms with Gasteiger partial charge in [0, 0.05) is 4.47 Å². The predicted molar refractivity (Wildman–Crippen MR) is 93.1 cm³/mol. The van der Waals surface area contributed by atoms with Crippen LogP contribution in [0.15, 0.2) is 34.8 Å². The van der Waals surface area contributed by atoms with E-state index in [-0.39, 0.29) is 5.88 Å². The number of aryl methyl sites for hydroxylation is 1. The van der Waals surface area contributed by atoms with E-state index in [4.69, 9.17) is 34.8 Å². The van der Waals surface area contributed by atoms with E-state index < -0.39 is 0 Å². The van der Waals surface area contributed by atoms with Crippen LogP contribution in [0.4, 0.5) is 0 Å². The standard InChI is InChI=1S/C15H10BrCl3N2/c1-8-2-4-10-12(6-8)21(13(7-17)20-10)11-5-3-9(16)14(18)15(11)19/h2-6H,7H2,1H3. The molecule has 0 aliphatic rings. The number of hydrogen-bond donors (Lipinski definition) is 0. The Kier molecular flexibility index (Phi) is 4.19. The van der Waals surface area contributed by atoms with Crippen LogP contribution in [0.25, 0.3) is 16.7 Å². The quantitative estimate of drug-likeness (QED) is 0.370. The van der Waals surface area contributed by atoms with Crippen molar-refractivity contribution < 1.29 is 0 Å². The van der Waals surface area contributed by atoms with Gasteiger partial charge in [-0.05, 0) is 52.7 Å². The van der Waals surface area contributed by atoms with Crippen LogP contribution >= 0.6 is 50.7 Å². The smallest absolute Gasteiger partial charge is 0.129 e. The molecular formula is C15H10BrCl3N2. The Labute approximate surface area is 145 Å². The minimum absolute atomic E-state index is 0.289. The van der Waals surface area contributed by atoms with Crippen LogP contribution in [-0.4, -0.2) is 9.55 Å². The molecule has 108 valence electrons. The van der Waals surface area contributed by atoms with E-state index in [1.807, 2.05) is 35.8 Å². The summed E-state index contributed by atoms with van der Waals surface area (Å²) in [7, 11) is 0. The van der Waals surface area contributed by atoms with Crippen molar-refractivity contribution in [1.82, 2.24) is 9.55 Å². The maximum absolute atomic E-state index is 6.41. The molecule has 0 N–H and O–H groups in total. The van der Waals surface area contributed by atoms with Gasteiger partial charge in [-0.2, -0.15) is 0 Å². The SMILES string of the molecule is Cc1ccc2nc(CCl)n(-c3ccc(Br)c(Cl)c3Cl)c2c1. The maximum atomic E-state index is 6.41. The summed E-state index contributed by atoms with van der Waals surface area (Å²) in [5.74, 6) is 1.02. The second-order valence-corrected chi connectivity index (χ2v) is 6.56. The summed E-state index contributed by atoms with van der Waals surface area (Å²) in [4.78, 5) is 4.56. The molecule has 0 radical (unpaired) electrons. The molecule has 1 heterocycles. The van der Waals surface area contributed by atoms with Gasteiger partial charge in [-0.1, -0.05) is 29.3 Å². The van der Waals surface area contributed by atoms with E-state index in [1.165, 1.54) is 0 Å². The van der Waals surface area contributed by atoms with Crippen molar-refractivity contribution in [3.63, 3.8) is 0 Å². The van der Waals surface area contributed by atoms with Gasteiger partial charge < -0.3 is 0 Å². The summed E-state index contributed by atoms with van der Waals surface area (Å²) in [6, 6.07) is 9.82. The zero-order valence-electron chi connectivity index (χ0n) is 11.0. The molecule has 0 saturated heterocycles. The first-order valence-electron chi connectivity index (χ1n) is 6.20. The second kappa shape index (κ2) is 5.81. The Balaban J connectivity index is 2.38. The average molecular weight is 405 g/mol. The minimum Gasteiger partial charge on any atom is -0.294 e. The number of halogens is 4. The van der Waals surface area contributed by atoms with Crippen molar-refractivity contribution >= 4 is 61.8 Å². The molecule has 0 fully saturated rings. The van der Waals surface area contributed by atoms with Crippen LogP contribution < -0.4 is 0 Å². The zero-order chi connectivity index (χ0) is 15.1. The Bertz CT molecular complexity index is 843. The second-order valence-electron chi connectivity index (χ2n) is 4.68. The lowest BCUT2D eigenvalue weighted by Crippen LogP contribution is -2.00. The van der Waals surface area contributed by atoms with Crippen molar-refractivity contribution in [1.29, 1.82) is 0 Å². The number of alkyl halides is 1. The molecule has 21 heavy (non-hydrogen) atoms. The molecule has 1 aromatic heterocycles. The summed E-state index contributed by atoms with van der Waals surface area (Å²) in [5.41, 5.74) is 3.76. The van der Waals surface area contributed by atoms with Crippen LogP contribution in [0.3, 0.4) is 0 Å². The average Bonchev–Trinajstić information content (AvgIpc) is 2.83. The third-order valence-electron chi connectivity index (χ3n) is 3.25. The van der Waals surface area contributed by atoms with Crippen LogP contribution in [0.5, 0.6) is 0 Å². The zero-order valence-corrected chi connectivity index (χ0v) is 14.9. The highest BCUT2D eigenvalue weighted by Gasteiger charge is 2.16. The molecule has 2 nitrogen and oxygen atoms in total. The molecule has 0 bridgehead atoms.